The second kappa shape index (κ2) is 6.56. The van der Waals surface area contributed by atoms with E-state index in [0.29, 0.717) is 6.04 Å². The second-order valence-electron chi connectivity index (χ2n) is 6.24. The smallest absolute Gasteiger partial charge is 0.0348 e. The van der Waals surface area contributed by atoms with Crippen molar-refractivity contribution >= 4 is 0 Å². The molecule has 1 nitrogen and oxygen atoms in total. The molecule has 1 aliphatic carbocycles. The molecule has 0 aromatic heterocycles. The average molecular weight is 259 g/mol. The summed E-state index contributed by atoms with van der Waals surface area (Å²) in [6, 6.07) is 7.28. The molecule has 0 amide bonds. The summed E-state index contributed by atoms with van der Waals surface area (Å²) < 4.78 is 0. The summed E-state index contributed by atoms with van der Waals surface area (Å²) in [5, 5.41) is 3.59. The maximum absolute atomic E-state index is 3.59. The van der Waals surface area contributed by atoms with Crippen LogP contribution in [0.25, 0.3) is 0 Å². The average Bonchev–Trinajstić information content (AvgIpc) is 2.45. The van der Waals surface area contributed by atoms with Crippen molar-refractivity contribution in [2.45, 2.75) is 58.9 Å². The number of hydrogen-bond acceptors (Lipinski definition) is 1. The lowest BCUT2D eigenvalue weighted by Crippen LogP contribution is -2.29. The van der Waals surface area contributed by atoms with Gasteiger partial charge in [-0.05, 0) is 62.3 Å². The van der Waals surface area contributed by atoms with Crippen LogP contribution in [0, 0.1) is 25.7 Å². The van der Waals surface area contributed by atoms with Gasteiger partial charge in [0.1, 0.15) is 0 Å². The van der Waals surface area contributed by atoms with Gasteiger partial charge < -0.3 is 5.32 Å². The van der Waals surface area contributed by atoms with Crippen molar-refractivity contribution in [2.24, 2.45) is 11.8 Å². The molecule has 0 saturated heterocycles. The van der Waals surface area contributed by atoms with Crippen LogP contribution in [0.3, 0.4) is 0 Å². The first-order valence-electron chi connectivity index (χ1n) is 7.90. The Balaban J connectivity index is 2.14. The highest BCUT2D eigenvalue weighted by Gasteiger charge is 2.27. The van der Waals surface area contributed by atoms with Gasteiger partial charge in [0.2, 0.25) is 0 Å². The van der Waals surface area contributed by atoms with Crippen molar-refractivity contribution in [3.8, 4) is 0 Å². The molecule has 1 atom stereocenters. The molecule has 1 heteroatoms. The maximum Gasteiger partial charge on any atom is 0.0348 e. The predicted octanol–water partition coefficient (Wildman–Crippen LogP) is 4.78. The highest BCUT2D eigenvalue weighted by Crippen LogP contribution is 2.38. The molecule has 19 heavy (non-hydrogen) atoms. The molecular weight excluding hydrogens is 230 g/mol. The van der Waals surface area contributed by atoms with Gasteiger partial charge in [-0.25, -0.2) is 0 Å². The van der Waals surface area contributed by atoms with E-state index in [4.69, 9.17) is 0 Å². The number of benzene rings is 1. The van der Waals surface area contributed by atoms with Gasteiger partial charge in [-0.2, -0.15) is 0 Å². The Morgan fingerprint density at radius 2 is 1.84 bits per heavy atom. The summed E-state index contributed by atoms with van der Waals surface area (Å²) in [6.45, 7) is 6.83. The minimum atomic E-state index is 0.540. The maximum atomic E-state index is 3.59. The molecular formula is C18H29N. The van der Waals surface area contributed by atoms with Crippen LogP contribution in [0.5, 0.6) is 0 Å². The third-order valence-corrected chi connectivity index (χ3v) is 5.23. The van der Waals surface area contributed by atoms with Crippen LogP contribution in [0.15, 0.2) is 18.2 Å². The Morgan fingerprint density at radius 3 is 2.42 bits per heavy atom. The number of aryl methyl sites for hydroxylation is 1. The third-order valence-electron chi connectivity index (χ3n) is 5.23. The Labute approximate surface area is 118 Å². The molecule has 0 radical (unpaired) electrons. The zero-order valence-electron chi connectivity index (χ0n) is 13.0. The summed E-state index contributed by atoms with van der Waals surface area (Å²) >= 11 is 0. The quantitative estimate of drug-likeness (QED) is 0.820. The van der Waals surface area contributed by atoms with Crippen LogP contribution in [-0.2, 0) is 0 Å². The van der Waals surface area contributed by atoms with Crippen LogP contribution in [0.2, 0.25) is 0 Å². The van der Waals surface area contributed by atoms with Gasteiger partial charge in [0, 0.05) is 6.04 Å². The first-order valence-corrected chi connectivity index (χ1v) is 7.90. The van der Waals surface area contributed by atoms with Gasteiger partial charge in [-0.3, -0.25) is 0 Å². The van der Waals surface area contributed by atoms with E-state index in [1.165, 1.54) is 48.8 Å². The van der Waals surface area contributed by atoms with Crippen LogP contribution in [0.4, 0.5) is 0 Å². The minimum absolute atomic E-state index is 0.540. The molecule has 1 fully saturated rings. The summed E-state index contributed by atoms with van der Waals surface area (Å²) in [4.78, 5) is 0. The van der Waals surface area contributed by atoms with Crippen LogP contribution < -0.4 is 5.32 Å². The van der Waals surface area contributed by atoms with E-state index in [9.17, 15) is 0 Å². The highest BCUT2D eigenvalue weighted by atomic mass is 14.9. The lowest BCUT2D eigenvalue weighted by atomic mass is 9.75. The Kier molecular flexibility index (Phi) is 5.04. The standard InChI is InChI=1S/C18H29N/c1-5-15-9-11-16(12-10-15)18(19-4)17-8-6-7-13(2)14(17)3/h6-8,15-16,18-19H,5,9-12H2,1-4H3. The molecule has 1 aromatic carbocycles. The van der Waals surface area contributed by atoms with Gasteiger partial charge in [0.15, 0.2) is 0 Å². The summed E-state index contributed by atoms with van der Waals surface area (Å²) in [6.07, 6.45) is 6.98. The fourth-order valence-corrected chi connectivity index (χ4v) is 3.69. The van der Waals surface area contributed by atoms with Crippen molar-refractivity contribution < 1.29 is 0 Å². The lowest BCUT2D eigenvalue weighted by molar-refractivity contribution is 0.224. The van der Waals surface area contributed by atoms with Crippen molar-refractivity contribution in [3.05, 3.63) is 34.9 Å². The van der Waals surface area contributed by atoms with Crippen LogP contribution in [-0.4, -0.2) is 7.05 Å². The fourth-order valence-electron chi connectivity index (χ4n) is 3.69. The summed E-state index contributed by atoms with van der Waals surface area (Å²) in [7, 11) is 2.12. The van der Waals surface area contributed by atoms with Crippen molar-refractivity contribution in [3.63, 3.8) is 0 Å². The highest BCUT2D eigenvalue weighted by molar-refractivity contribution is 5.35. The molecule has 1 saturated carbocycles. The van der Waals surface area contributed by atoms with Gasteiger partial charge in [0.05, 0.1) is 0 Å². The van der Waals surface area contributed by atoms with E-state index in [2.05, 4.69) is 51.3 Å². The van der Waals surface area contributed by atoms with Gasteiger partial charge in [0.25, 0.3) is 0 Å². The SMILES string of the molecule is CCC1CCC(C(NC)c2cccc(C)c2C)CC1. The van der Waals surface area contributed by atoms with E-state index in [-0.39, 0.29) is 0 Å². The van der Waals surface area contributed by atoms with Crippen molar-refractivity contribution in [2.75, 3.05) is 7.05 Å². The first-order chi connectivity index (χ1) is 9.17. The molecule has 0 bridgehead atoms. The fraction of sp³-hybridized carbons (Fsp3) is 0.667. The van der Waals surface area contributed by atoms with Crippen LogP contribution >= 0.6 is 0 Å². The monoisotopic (exact) mass is 259 g/mol. The molecule has 1 aliphatic rings. The topological polar surface area (TPSA) is 12.0 Å². The summed E-state index contributed by atoms with van der Waals surface area (Å²) in [5.41, 5.74) is 4.40. The zero-order chi connectivity index (χ0) is 13.8. The molecule has 0 heterocycles. The predicted molar refractivity (Wildman–Crippen MR) is 83.5 cm³/mol. The molecule has 106 valence electrons. The van der Waals surface area contributed by atoms with Crippen molar-refractivity contribution in [1.82, 2.24) is 5.32 Å². The number of rotatable bonds is 4. The molecule has 1 aromatic rings. The van der Waals surface area contributed by atoms with E-state index < -0.39 is 0 Å². The van der Waals surface area contributed by atoms with Gasteiger partial charge >= 0.3 is 0 Å². The van der Waals surface area contributed by atoms with E-state index >= 15 is 0 Å². The Bertz CT molecular complexity index is 402. The number of nitrogens with one attached hydrogen (secondary N) is 1. The molecule has 1 unspecified atom stereocenters. The number of hydrogen-bond donors (Lipinski definition) is 1. The Hall–Kier alpha value is -0.820. The lowest BCUT2D eigenvalue weighted by Gasteiger charge is -2.34. The largest absolute Gasteiger partial charge is 0.313 e. The molecule has 2 rings (SSSR count). The van der Waals surface area contributed by atoms with E-state index in [1.54, 1.807) is 0 Å². The third kappa shape index (κ3) is 3.20. The van der Waals surface area contributed by atoms with Gasteiger partial charge in [-0.15, -0.1) is 0 Å². The van der Waals surface area contributed by atoms with E-state index in [1.807, 2.05) is 0 Å². The van der Waals surface area contributed by atoms with Gasteiger partial charge in [-0.1, -0.05) is 44.4 Å². The van der Waals surface area contributed by atoms with Crippen LogP contribution in [0.1, 0.15) is 61.8 Å². The second-order valence-corrected chi connectivity index (χ2v) is 6.24. The van der Waals surface area contributed by atoms with E-state index in [0.717, 1.165) is 11.8 Å². The molecule has 1 N–H and O–H groups in total. The Morgan fingerprint density at radius 1 is 1.16 bits per heavy atom. The first kappa shape index (κ1) is 14.6. The summed E-state index contributed by atoms with van der Waals surface area (Å²) in [5.74, 6) is 1.79. The molecule has 0 aliphatic heterocycles. The van der Waals surface area contributed by atoms with Crippen molar-refractivity contribution in [1.29, 1.82) is 0 Å². The zero-order valence-corrected chi connectivity index (χ0v) is 13.0. The minimum Gasteiger partial charge on any atom is -0.313 e. The molecule has 0 spiro atoms. The normalized spacial score (nSPS) is 25.3.